The maximum Gasteiger partial charge on any atom is 0.270 e. The first kappa shape index (κ1) is 12.5. The first-order valence-electron chi connectivity index (χ1n) is 2.78. The third-order valence-electron chi connectivity index (χ3n) is 1.55. The fraction of sp³-hybridized carbons (Fsp3) is 1.00. The Kier molecular flexibility index (Phi) is 4.16. The van der Waals surface area contributed by atoms with E-state index in [4.69, 9.17) is 4.55 Å². The molecule has 0 atom stereocenters. The van der Waals surface area contributed by atoms with Crippen LogP contribution >= 0.6 is 0 Å². The summed E-state index contributed by atoms with van der Waals surface area (Å²) < 4.78 is 28.4. The minimum Gasteiger partial charge on any atom is -0.344 e. The number of rotatable bonds is 2. The summed E-state index contributed by atoms with van der Waals surface area (Å²) in [5.41, 5.74) is 0. The molecule has 4 N–H and O–H groups in total. The van der Waals surface area contributed by atoms with Crippen LogP contribution in [-0.2, 0) is 10.1 Å². The Hall–Kier alpha value is -0.130. The molecule has 0 spiro atoms. The van der Waals surface area contributed by atoms with Gasteiger partial charge in [-0.05, 0) is 20.3 Å². The summed E-state index contributed by atoms with van der Waals surface area (Å²) in [4.78, 5) is 0. The van der Waals surface area contributed by atoms with Gasteiger partial charge in [-0.25, -0.2) is 0 Å². The molecule has 0 fully saturated rings. The Morgan fingerprint density at radius 2 is 1.70 bits per heavy atom. The van der Waals surface area contributed by atoms with Crippen molar-refractivity contribution in [3.05, 3.63) is 0 Å². The summed E-state index contributed by atoms with van der Waals surface area (Å²) in [5.74, 6) is 0. The Morgan fingerprint density at radius 3 is 1.70 bits per heavy atom. The Balaban J connectivity index is 0. The average Bonchev–Trinajstić information content (AvgIpc) is 1.64. The minimum atomic E-state index is -3.85. The van der Waals surface area contributed by atoms with Gasteiger partial charge in [0.1, 0.15) is 0 Å². The van der Waals surface area contributed by atoms with Crippen LogP contribution in [0, 0.1) is 0 Å². The van der Waals surface area contributed by atoms with Crippen LogP contribution in [0.1, 0.15) is 27.2 Å². The SMILES string of the molecule is CCC(C)(C)S(=O)(=O)O.N. The van der Waals surface area contributed by atoms with Crippen molar-refractivity contribution in [1.29, 1.82) is 0 Å². The summed E-state index contributed by atoms with van der Waals surface area (Å²) in [6.45, 7) is 4.69. The second kappa shape index (κ2) is 3.32. The van der Waals surface area contributed by atoms with E-state index < -0.39 is 14.9 Å². The molecule has 0 bridgehead atoms. The van der Waals surface area contributed by atoms with Crippen LogP contribution in [-0.4, -0.2) is 17.7 Å². The molecule has 0 aromatic heterocycles. The Bertz CT molecular complexity index is 183. The highest BCUT2D eigenvalue weighted by Gasteiger charge is 2.29. The fourth-order valence-corrected chi connectivity index (χ4v) is 0.547. The molecule has 0 saturated heterocycles. The molecule has 0 saturated carbocycles. The highest BCUT2D eigenvalue weighted by Crippen LogP contribution is 2.17. The van der Waals surface area contributed by atoms with Gasteiger partial charge in [-0.1, -0.05) is 6.92 Å². The van der Waals surface area contributed by atoms with Crippen LogP contribution < -0.4 is 6.15 Å². The standard InChI is InChI=1S/C5H12O3S.H3N/c1-4-5(2,3)9(6,7)8;/h4H2,1-3H3,(H,6,7,8);1H3. The molecular weight excluding hydrogens is 154 g/mol. The monoisotopic (exact) mass is 169 g/mol. The number of hydrogen-bond acceptors (Lipinski definition) is 3. The van der Waals surface area contributed by atoms with Gasteiger partial charge in [0, 0.05) is 0 Å². The van der Waals surface area contributed by atoms with E-state index in [1.165, 1.54) is 13.8 Å². The molecule has 64 valence electrons. The number of hydrogen-bond donors (Lipinski definition) is 2. The van der Waals surface area contributed by atoms with E-state index in [1.807, 2.05) is 0 Å². The lowest BCUT2D eigenvalue weighted by Gasteiger charge is -2.17. The molecule has 0 aliphatic heterocycles. The molecule has 0 amide bonds. The van der Waals surface area contributed by atoms with Crippen LogP contribution in [0.5, 0.6) is 0 Å². The predicted molar refractivity (Wildman–Crippen MR) is 40.9 cm³/mol. The van der Waals surface area contributed by atoms with Gasteiger partial charge >= 0.3 is 0 Å². The van der Waals surface area contributed by atoms with Crippen molar-refractivity contribution in [2.75, 3.05) is 0 Å². The van der Waals surface area contributed by atoms with Crippen molar-refractivity contribution in [3.8, 4) is 0 Å². The molecule has 0 radical (unpaired) electrons. The van der Waals surface area contributed by atoms with Crippen molar-refractivity contribution < 1.29 is 13.0 Å². The Morgan fingerprint density at radius 1 is 1.40 bits per heavy atom. The quantitative estimate of drug-likeness (QED) is 0.608. The van der Waals surface area contributed by atoms with Crippen molar-refractivity contribution >= 4 is 10.1 Å². The van der Waals surface area contributed by atoms with Crippen molar-refractivity contribution in [2.45, 2.75) is 31.9 Å². The lowest BCUT2D eigenvalue weighted by Crippen LogP contribution is -2.29. The first-order valence-corrected chi connectivity index (χ1v) is 4.22. The largest absolute Gasteiger partial charge is 0.344 e. The zero-order valence-electron chi connectivity index (χ0n) is 6.59. The van der Waals surface area contributed by atoms with E-state index in [9.17, 15) is 8.42 Å². The average molecular weight is 169 g/mol. The lowest BCUT2D eigenvalue weighted by atomic mass is 10.1. The van der Waals surface area contributed by atoms with Gasteiger partial charge in [0.05, 0.1) is 4.75 Å². The lowest BCUT2D eigenvalue weighted by molar-refractivity contribution is 0.437. The van der Waals surface area contributed by atoms with Crippen LogP contribution in [0.15, 0.2) is 0 Å². The van der Waals surface area contributed by atoms with Gasteiger partial charge in [0.15, 0.2) is 0 Å². The Labute approximate surface area is 62.0 Å². The second-order valence-corrected chi connectivity index (χ2v) is 4.64. The third kappa shape index (κ3) is 2.64. The summed E-state index contributed by atoms with van der Waals surface area (Å²) in [5, 5.41) is 0. The van der Waals surface area contributed by atoms with E-state index in [0.29, 0.717) is 6.42 Å². The molecule has 4 nitrogen and oxygen atoms in total. The van der Waals surface area contributed by atoms with Gasteiger partial charge in [0.25, 0.3) is 10.1 Å². The molecule has 0 aromatic rings. The van der Waals surface area contributed by atoms with Gasteiger partial charge in [-0.15, -0.1) is 0 Å². The molecule has 5 heteroatoms. The molecule has 0 aromatic carbocycles. The predicted octanol–water partition coefficient (Wildman–Crippen LogP) is 1.22. The van der Waals surface area contributed by atoms with Gasteiger partial charge in [0.2, 0.25) is 0 Å². The summed E-state index contributed by atoms with van der Waals surface area (Å²) >= 11 is 0. The maximum absolute atomic E-state index is 10.4. The maximum atomic E-state index is 10.4. The molecule has 0 heterocycles. The first-order chi connectivity index (χ1) is 3.81. The smallest absolute Gasteiger partial charge is 0.270 e. The van der Waals surface area contributed by atoms with Gasteiger partial charge in [-0.3, -0.25) is 4.55 Å². The van der Waals surface area contributed by atoms with Gasteiger partial charge in [-0.2, -0.15) is 8.42 Å². The zero-order chi connectivity index (χ0) is 7.71. The van der Waals surface area contributed by atoms with E-state index in [1.54, 1.807) is 6.92 Å². The summed E-state index contributed by atoms with van der Waals surface area (Å²) in [7, 11) is -3.85. The molecule has 10 heavy (non-hydrogen) atoms. The topological polar surface area (TPSA) is 89.4 Å². The van der Waals surface area contributed by atoms with E-state index in [0.717, 1.165) is 0 Å². The third-order valence-corrected chi connectivity index (χ3v) is 3.24. The zero-order valence-corrected chi connectivity index (χ0v) is 7.40. The van der Waals surface area contributed by atoms with Crippen LogP contribution in [0.25, 0.3) is 0 Å². The molecular formula is C5H15NO3S. The fourth-order valence-electron chi connectivity index (χ4n) is 0.182. The minimum absolute atomic E-state index is 0. The van der Waals surface area contributed by atoms with E-state index in [-0.39, 0.29) is 6.15 Å². The van der Waals surface area contributed by atoms with Crippen molar-refractivity contribution in [3.63, 3.8) is 0 Å². The van der Waals surface area contributed by atoms with Crippen LogP contribution in [0.3, 0.4) is 0 Å². The van der Waals surface area contributed by atoms with Crippen molar-refractivity contribution in [1.82, 2.24) is 6.15 Å². The highest BCUT2D eigenvalue weighted by atomic mass is 32.2. The molecule has 0 aliphatic carbocycles. The normalized spacial score (nSPS) is 12.4. The molecule has 0 rings (SSSR count). The van der Waals surface area contributed by atoms with E-state index in [2.05, 4.69) is 0 Å². The summed E-state index contributed by atoms with van der Waals surface area (Å²) in [6.07, 6.45) is 0.422. The second-order valence-electron chi connectivity index (χ2n) is 2.59. The molecule has 0 aliphatic rings. The molecule has 0 unspecified atom stereocenters. The van der Waals surface area contributed by atoms with E-state index >= 15 is 0 Å². The summed E-state index contributed by atoms with van der Waals surface area (Å²) in [6, 6.07) is 0. The van der Waals surface area contributed by atoms with Crippen molar-refractivity contribution in [2.24, 2.45) is 0 Å². The van der Waals surface area contributed by atoms with Crippen LogP contribution in [0.4, 0.5) is 0 Å². The van der Waals surface area contributed by atoms with Crippen LogP contribution in [0.2, 0.25) is 0 Å². The highest BCUT2D eigenvalue weighted by molar-refractivity contribution is 7.87. The van der Waals surface area contributed by atoms with Gasteiger partial charge < -0.3 is 6.15 Å².